The summed E-state index contributed by atoms with van der Waals surface area (Å²) < 4.78 is 18.5. The molecule has 1 N–H and O–H groups in total. The van der Waals surface area contributed by atoms with Crippen molar-refractivity contribution in [2.45, 2.75) is 31.8 Å². The number of thiophene rings is 1. The van der Waals surface area contributed by atoms with Gasteiger partial charge in [-0.05, 0) is 55.5 Å². The Bertz CT molecular complexity index is 647. The van der Waals surface area contributed by atoms with Crippen LogP contribution in [0.4, 0.5) is 4.39 Å². The molecule has 0 bridgehead atoms. The third-order valence-electron chi connectivity index (χ3n) is 3.94. The zero-order valence-electron chi connectivity index (χ0n) is 12.9. The number of aryl methyl sites for hydroxylation is 1. The van der Waals surface area contributed by atoms with Gasteiger partial charge in [-0.2, -0.15) is 0 Å². The minimum absolute atomic E-state index is 0.0293. The maximum Gasteiger partial charge on any atom is 0.261 e. The van der Waals surface area contributed by atoms with E-state index in [1.54, 1.807) is 12.1 Å². The highest BCUT2D eigenvalue weighted by atomic mass is 32.1. The summed E-state index contributed by atoms with van der Waals surface area (Å²) in [5.41, 5.74) is 1.08. The van der Waals surface area contributed by atoms with E-state index in [-0.39, 0.29) is 17.8 Å². The number of hydrogen-bond acceptors (Lipinski definition) is 3. The number of halogens is 1. The van der Waals surface area contributed by atoms with Crippen molar-refractivity contribution >= 4 is 17.2 Å². The van der Waals surface area contributed by atoms with Gasteiger partial charge in [0.1, 0.15) is 5.82 Å². The lowest BCUT2D eigenvalue weighted by Gasteiger charge is -2.06. The van der Waals surface area contributed by atoms with Crippen LogP contribution >= 0.6 is 11.3 Å². The second kappa shape index (κ2) is 7.70. The smallest absolute Gasteiger partial charge is 0.261 e. The molecule has 3 nitrogen and oxygen atoms in total. The summed E-state index contributed by atoms with van der Waals surface area (Å²) in [5, 5.41) is 2.94. The summed E-state index contributed by atoms with van der Waals surface area (Å²) in [7, 11) is 0. The highest BCUT2D eigenvalue weighted by molar-refractivity contribution is 7.14. The molecule has 1 atom stereocenters. The zero-order valence-corrected chi connectivity index (χ0v) is 13.7. The molecule has 1 amide bonds. The van der Waals surface area contributed by atoms with Crippen molar-refractivity contribution < 1.29 is 13.9 Å². The average molecular weight is 333 g/mol. The predicted molar refractivity (Wildman–Crippen MR) is 89.3 cm³/mol. The third kappa shape index (κ3) is 4.39. The first-order chi connectivity index (χ1) is 11.2. The van der Waals surface area contributed by atoms with E-state index in [9.17, 15) is 9.18 Å². The maximum absolute atomic E-state index is 12.8. The topological polar surface area (TPSA) is 38.3 Å². The van der Waals surface area contributed by atoms with Gasteiger partial charge >= 0.3 is 0 Å². The summed E-state index contributed by atoms with van der Waals surface area (Å²) in [4.78, 5) is 14.0. The van der Waals surface area contributed by atoms with Crippen LogP contribution in [-0.2, 0) is 11.2 Å². The van der Waals surface area contributed by atoms with Crippen LogP contribution in [0.3, 0.4) is 0 Å². The summed E-state index contributed by atoms with van der Waals surface area (Å²) in [6, 6.07) is 10.4. The van der Waals surface area contributed by atoms with Crippen LogP contribution in [0.15, 0.2) is 36.4 Å². The fraction of sp³-hybridized carbons (Fsp3) is 0.389. The molecule has 3 rings (SSSR count). The van der Waals surface area contributed by atoms with Crippen LogP contribution < -0.4 is 5.32 Å². The van der Waals surface area contributed by atoms with E-state index in [2.05, 4.69) is 5.32 Å². The predicted octanol–water partition coefficient (Wildman–Crippen LogP) is 4.10. The Morgan fingerprint density at radius 1 is 1.26 bits per heavy atom. The van der Waals surface area contributed by atoms with Crippen molar-refractivity contribution in [3.05, 3.63) is 57.5 Å². The largest absolute Gasteiger partial charge is 0.373 e. The number of hydrogen-bond donors (Lipinski definition) is 1. The summed E-state index contributed by atoms with van der Waals surface area (Å²) in [6.45, 7) is 1.43. The van der Waals surface area contributed by atoms with Crippen LogP contribution in [0, 0.1) is 5.82 Å². The van der Waals surface area contributed by atoms with Gasteiger partial charge in [0.05, 0.1) is 11.0 Å². The van der Waals surface area contributed by atoms with Crippen molar-refractivity contribution in [1.82, 2.24) is 5.32 Å². The molecule has 0 spiro atoms. The Morgan fingerprint density at radius 3 is 2.83 bits per heavy atom. The van der Waals surface area contributed by atoms with Gasteiger partial charge in [-0.1, -0.05) is 12.1 Å². The normalized spacial score (nSPS) is 17.3. The van der Waals surface area contributed by atoms with Gasteiger partial charge in [0.2, 0.25) is 0 Å². The number of rotatable bonds is 6. The fourth-order valence-corrected chi connectivity index (χ4v) is 3.69. The first-order valence-corrected chi connectivity index (χ1v) is 8.78. The molecule has 1 aromatic heterocycles. The standard InChI is InChI=1S/C18H20FNO2S/c19-14-7-5-13(6-8-14)3-1-11-20-18(21)17-10-9-16(23-17)15-4-2-12-22-15/h5-10,15H,1-4,11-12H2,(H,20,21)/t15-/m1/s1. The Kier molecular flexibility index (Phi) is 5.41. The number of amides is 1. The van der Waals surface area contributed by atoms with E-state index in [0.717, 1.165) is 47.6 Å². The van der Waals surface area contributed by atoms with Gasteiger partial charge in [-0.15, -0.1) is 11.3 Å². The molecule has 5 heteroatoms. The van der Waals surface area contributed by atoms with Crippen LogP contribution in [-0.4, -0.2) is 19.1 Å². The number of nitrogens with one attached hydrogen (secondary N) is 1. The Morgan fingerprint density at radius 2 is 2.09 bits per heavy atom. The molecule has 122 valence electrons. The summed E-state index contributed by atoms with van der Waals surface area (Å²) in [5.74, 6) is -0.250. The molecule has 0 radical (unpaired) electrons. The zero-order chi connectivity index (χ0) is 16.1. The molecule has 2 heterocycles. The number of benzene rings is 1. The molecule has 23 heavy (non-hydrogen) atoms. The molecule has 1 fully saturated rings. The van der Waals surface area contributed by atoms with Gasteiger partial charge in [0.15, 0.2) is 0 Å². The quantitative estimate of drug-likeness (QED) is 0.808. The SMILES string of the molecule is O=C(NCCCc1ccc(F)cc1)c1ccc([C@H]2CCCO2)s1. The van der Waals surface area contributed by atoms with E-state index < -0.39 is 0 Å². The fourth-order valence-electron chi connectivity index (χ4n) is 2.68. The van der Waals surface area contributed by atoms with Crippen LogP contribution in [0.1, 0.15) is 45.5 Å². The van der Waals surface area contributed by atoms with Gasteiger partial charge in [0.25, 0.3) is 5.91 Å². The van der Waals surface area contributed by atoms with E-state index in [4.69, 9.17) is 4.74 Å². The van der Waals surface area contributed by atoms with Crippen molar-refractivity contribution in [1.29, 1.82) is 0 Å². The van der Waals surface area contributed by atoms with Crippen molar-refractivity contribution in [3.8, 4) is 0 Å². The van der Waals surface area contributed by atoms with E-state index in [1.165, 1.54) is 23.5 Å². The van der Waals surface area contributed by atoms with Gasteiger partial charge < -0.3 is 10.1 Å². The molecule has 1 aliphatic rings. The lowest BCUT2D eigenvalue weighted by Crippen LogP contribution is -2.23. The number of carbonyl (C=O) groups is 1. The van der Waals surface area contributed by atoms with Gasteiger partial charge in [0, 0.05) is 18.0 Å². The van der Waals surface area contributed by atoms with Crippen molar-refractivity contribution in [2.24, 2.45) is 0 Å². The lowest BCUT2D eigenvalue weighted by atomic mass is 10.1. The molecular formula is C18H20FNO2S. The van der Waals surface area contributed by atoms with Crippen LogP contribution in [0.5, 0.6) is 0 Å². The van der Waals surface area contributed by atoms with E-state index >= 15 is 0 Å². The van der Waals surface area contributed by atoms with Gasteiger partial charge in [-0.25, -0.2) is 4.39 Å². The minimum Gasteiger partial charge on any atom is -0.373 e. The highest BCUT2D eigenvalue weighted by Crippen LogP contribution is 2.33. The van der Waals surface area contributed by atoms with E-state index in [1.807, 2.05) is 12.1 Å². The summed E-state index contributed by atoms with van der Waals surface area (Å²) in [6.07, 6.45) is 3.96. The van der Waals surface area contributed by atoms with Crippen molar-refractivity contribution in [2.75, 3.05) is 13.2 Å². The van der Waals surface area contributed by atoms with E-state index in [0.29, 0.717) is 6.54 Å². The molecule has 1 aromatic carbocycles. The molecule has 0 aliphatic carbocycles. The monoisotopic (exact) mass is 333 g/mol. The van der Waals surface area contributed by atoms with Crippen LogP contribution in [0.2, 0.25) is 0 Å². The number of carbonyl (C=O) groups excluding carboxylic acids is 1. The Labute approximate surface area is 139 Å². The highest BCUT2D eigenvalue weighted by Gasteiger charge is 2.20. The second-order valence-electron chi connectivity index (χ2n) is 5.69. The first-order valence-electron chi connectivity index (χ1n) is 7.96. The Balaban J connectivity index is 1.43. The minimum atomic E-state index is -0.221. The molecular weight excluding hydrogens is 313 g/mol. The molecule has 0 saturated carbocycles. The van der Waals surface area contributed by atoms with Crippen LogP contribution in [0.25, 0.3) is 0 Å². The first kappa shape index (κ1) is 16.1. The number of ether oxygens (including phenoxy) is 1. The lowest BCUT2D eigenvalue weighted by molar-refractivity contribution is 0.0957. The average Bonchev–Trinajstić information content (AvgIpc) is 3.23. The van der Waals surface area contributed by atoms with Gasteiger partial charge in [-0.3, -0.25) is 4.79 Å². The summed E-state index contributed by atoms with van der Waals surface area (Å²) >= 11 is 1.52. The second-order valence-corrected chi connectivity index (χ2v) is 6.80. The Hall–Kier alpha value is -1.72. The third-order valence-corrected chi connectivity index (χ3v) is 5.11. The molecule has 1 saturated heterocycles. The molecule has 0 unspecified atom stereocenters. The molecule has 2 aromatic rings. The van der Waals surface area contributed by atoms with Crippen molar-refractivity contribution in [3.63, 3.8) is 0 Å². The maximum atomic E-state index is 12.8. The molecule has 1 aliphatic heterocycles.